The number of hydrogen-bond acceptors (Lipinski definition) is 4. The molecule has 2 atom stereocenters. The van der Waals surface area contributed by atoms with Crippen LogP contribution >= 0.6 is 0 Å². The minimum absolute atomic E-state index is 0.0879. The molecule has 0 unspecified atom stereocenters. The molecule has 2 heterocycles. The van der Waals surface area contributed by atoms with Crippen molar-refractivity contribution in [2.45, 2.75) is 25.8 Å². The summed E-state index contributed by atoms with van der Waals surface area (Å²) in [5.74, 6) is 0.151. The van der Waals surface area contributed by atoms with Crippen LogP contribution in [0.4, 0.5) is 4.79 Å². The fourth-order valence-electron chi connectivity index (χ4n) is 3.84. The molecule has 1 aromatic rings. The molecular weight excluding hydrogens is 320 g/mol. The lowest BCUT2D eigenvalue weighted by Gasteiger charge is -2.47. The maximum Gasteiger partial charge on any atom is 0.317 e. The number of carbonyl (C=O) groups is 2. The van der Waals surface area contributed by atoms with Gasteiger partial charge in [-0.2, -0.15) is 0 Å². The lowest BCUT2D eigenvalue weighted by atomic mass is 9.80. The number of benzene rings is 1. The molecule has 6 heteroatoms. The van der Waals surface area contributed by atoms with Gasteiger partial charge < -0.3 is 19.7 Å². The summed E-state index contributed by atoms with van der Waals surface area (Å²) in [6.07, 6.45) is 1.14. The van der Waals surface area contributed by atoms with Gasteiger partial charge in [-0.3, -0.25) is 4.79 Å². The summed E-state index contributed by atoms with van der Waals surface area (Å²) >= 11 is 0. The molecule has 0 aliphatic carbocycles. The van der Waals surface area contributed by atoms with Crippen molar-refractivity contribution in [1.29, 1.82) is 0 Å². The highest BCUT2D eigenvalue weighted by molar-refractivity contribution is 5.80. The number of methoxy groups -OCH3 is 1. The average Bonchev–Trinajstić information content (AvgIpc) is 2.65. The highest BCUT2D eigenvalue weighted by Gasteiger charge is 2.44. The van der Waals surface area contributed by atoms with E-state index in [1.54, 1.807) is 0 Å². The van der Waals surface area contributed by atoms with Crippen molar-refractivity contribution in [3.63, 3.8) is 0 Å². The Hall–Kier alpha value is -2.08. The first-order valence-electron chi connectivity index (χ1n) is 8.83. The SMILES string of the molecule is COC(=O)C1(CNC(=O)N2C[C@H](C)[C@@H]2c2ccccc2)CCOCC1. The van der Waals surface area contributed by atoms with E-state index in [9.17, 15) is 9.59 Å². The fraction of sp³-hybridized carbons (Fsp3) is 0.579. The Morgan fingerprint density at radius 2 is 1.96 bits per heavy atom. The zero-order valence-corrected chi connectivity index (χ0v) is 14.9. The first kappa shape index (κ1) is 17.7. The topological polar surface area (TPSA) is 67.9 Å². The van der Waals surface area contributed by atoms with Crippen LogP contribution in [-0.4, -0.2) is 50.3 Å². The van der Waals surface area contributed by atoms with Crippen LogP contribution in [0.15, 0.2) is 30.3 Å². The van der Waals surface area contributed by atoms with Crippen molar-refractivity contribution in [1.82, 2.24) is 10.2 Å². The van der Waals surface area contributed by atoms with Gasteiger partial charge in [0, 0.05) is 26.3 Å². The van der Waals surface area contributed by atoms with Crippen LogP contribution in [0, 0.1) is 11.3 Å². The van der Waals surface area contributed by atoms with Crippen molar-refractivity contribution in [3.05, 3.63) is 35.9 Å². The zero-order valence-electron chi connectivity index (χ0n) is 14.9. The predicted octanol–water partition coefficient (Wildman–Crippen LogP) is 2.36. The first-order chi connectivity index (χ1) is 12.1. The number of hydrogen-bond donors (Lipinski definition) is 1. The Morgan fingerprint density at radius 3 is 2.56 bits per heavy atom. The molecule has 0 aromatic heterocycles. The van der Waals surface area contributed by atoms with Crippen LogP contribution in [-0.2, 0) is 14.3 Å². The normalized spacial score (nSPS) is 25.0. The van der Waals surface area contributed by atoms with Crippen LogP contribution in [0.3, 0.4) is 0 Å². The van der Waals surface area contributed by atoms with E-state index in [4.69, 9.17) is 9.47 Å². The number of rotatable bonds is 4. The molecule has 2 aliphatic rings. The van der Waals surface area contributed by atoms with E-state index in [0.717, 1.165) is 12.1 Å². The summed E-state index contributed by atoms with van der Waals surface area (Å²) in [6, 6.07) is 10.0. The van der Waals surface area contributed by atoms with Crippen LogP contribution in [0.25, 0.3) is 0 Å². The molecule has 25 heavy (non-hydrogen) atoms. The van der Waals surface area contributed by atoms with Gasteiger partial charge in [-0.1, -0.05) is 37.3 Å². The maximum absolute atomic E-state index is 12.7. The van der Waals surface area contributed by atoms with Gasteiger partial charge in [0.25, 0.3) is 0 Å². The third-order valence-electron chi connectivity index (χ3n) is 5.41. The minimum atomic E-state index is -0.679. The third-order valence-corrected chi connectivity index (χ3v) is 5.41. The van der Waals surface area contributed by atoms with Gasteiger partial charge >= 0.3 is 12.0 Å². The lowest BCUT2D eigenvalue weighted by molar-refractivity contribution is -0.158. The molecule has 0 spiro atoms. The van der Waals surface area contributed by atoms with E-state index in [-0.39, 0.29) is 24.6 Å². The Morgan fingerprint density at radius 1 is 1.28 bits per heavy atom. The quantitative estimate of drug-likeness (QED) is 0.850. The number of nitrogens with one attached hydrogen (secondary N) is 1. The van der Waals surface area contributed by atoms with Crippen LogP contribution < -0.4 is 5.32 Å². The van der Waals surface area contributed by atoms with E-state index in [2.05, 4.69) is 24.4 Å². The van der Waals surface area contributed by atoms with Crippen molar-refractivity contribution in [3.8, 4) is 0 Å². The number of ether oxygens (including phenoxy) is 2. The summed E-state index contributed by atoms with van der Waals surface area (Å²) in [7, 11) is 1.39. The van der Waals surface area contributed by atoms with Crippen molar-refractivity contribution < 1.29 is 19.1 Å². The Kier molecular flexibility index (Phi) is 5.27. The van der Waals surface area contributed by atoms with Gasteiger partial charge in [-0.25, -0.2) is 4.79 Å². The second-order valence-corrected chi connectivity index (χ2v) is 7.03. The van der Waals surface area contributed by atoms with Crippen molar-refractivity contribution in [2.75, 3.05) is 33.4 Å². The molecule has 2 aliphatic heterocycles. The molecule has 0 bridgehead atoms. The van der Waals surface area contributed by atoms with E-state index < -0.39 is 5.41 Å². The van der Waals surface area contributed by atoms with E-state index in [1.165, 1.54) is 7.11 Å². The van der Waals surface area contributed by atoms with Crippen LogP contribution in [0.1, 0.15) is 31.4 Å². The van der Waals surface area contributed by atoms with Gasteiger partial charge in [0.15, 0.2) is 0 Å². The number of carbonyl (C=O) groups excluding carboxylic acids is 2. The summed E-state index contributed by atoms with van der Waals surface area (Å²) in [5, 5.41) is 2.96. The number of amides is 2. The van der Waals surface area contributed by atoms with Crippen LogP contribution in [0.2, 0.25) is 0 Å². The van der Waals surface area contributed by atoms with Crippen molar-refractivity contribution >= 4 is 12.0 Å². The Bertz CT molecular complexity index is 613. The summed E-state index contributed by atoms with van der Waals surface area (Å²) in [5.41, 5.74) is 0.464. The summed E-state index contributed by atoms with van der Waals surface area (Å²) in [4.78, 5) is 26.8. The molecule has 0 radical (unpaired) electrons. The Labute approximate surface area is 148 Å². The van der Waals surface area contributed by atoms with Crippen LogP contribution in [0.5, 0.6) is 0 Å². The number of nitrogens with zero attached hydrogens (tertiary/aromatic N) is 1. The molecule has 2 fully saturated rings. The lowest BCUT2D eigenvalue weighted by Crippen LogP contribution is -2.57. The van der Waals surface area contributed by atoms with E-state index in [0.29, 0.717) is 32.0 Å². The molecular formula is C19H26N2O4. The number of likely N-dealkylation sites (tertiary alicyclic amines) is 1. The summed E-state index contributed by atoms with van der Waals surface area (Å²) < 4.78 is 10.3. The van der Waals surface area contributed by atoms with E-state index >= 15 is 0 Å². The smallest absolute Gasteiger partial charge is 0.317 e. The molecule has 0 saturated carbocycles. The largest absolute Gasteiger partial charge is 0.469 e. The highest BCUT2D eigenvalue weighted by atomic mass is 16.5. The van der Waals surface area contributed by atoms with E-state index in [1.807, 2.05) is 23.1 Å². The van der Waals surface area contributed by atoms with Gasteiger partial charge in [0.05, 0.1) is 18.6 Å². The first-order valence-corrected chi connectivity index (χ1v) is 8.83. The molecule has 1 aromatic carbocycles. The average molecular weight is 346 g/mol. The fourth-order valence-corrected chi connectivity index (χ4v) is 3.84. The summed E-state index contributed by atoms with van der Waals surface area (Å²) in [6.45, 7) is 4.18. The molecule has 136 valence electrons. The standard InChI is InChI=1S/C19H26N2O4/c1-14-12-21(16(14)15-6-4-3-5-7-15)18(23)20-13-19(17(22)24-2)8-10-25-11-9-19/h3-7,14,16H,8-13H2,1-2H3,(H,20,23)/t14-,16+/m0/s1. The maximum atomic E-state index is 12.7. The highest BCUT2D eigenvalue weighted by Crippen LogP contribution is 2.38. The van der Waals surface area contributed by atoms with Gasteiger partial charge in [0.1, 0.15) is 0 Å². The Balaban J connectivity index is 1.64. The zero-order chi connectivity index (χ0) is 17.9. The third kappa shape index (κ3) is 3.49. The minimum Gasteiger partial charge on any atom is -0.469 e. The monoisotopic (exact) mass is 346 g/mol. The molecule has 3 rings (SSSR count). The molecule has 1 N–H and O–H groups in total. The molecule has 2 saturated heterocycles. The molecule has 6 nitrogen and oxygen atoms in total. The van der Waals surface area contributed by atoms with Gasteiger partial charge in [-0.05, 0) is 24.3 Å². The number of esters is 1. The van der Waals surface area contributed by atoms with Crippen molar-refractivity contribution in [2.24, 2.45) is 11.3 Å². The molecule has 2 amide bonds. The van der Waals surface area contributed by atoms with Gasteiger partial charge in [-0.15, -0.1) is 0 Å². The second-order valence-electron chi connectivity index (χ2n) is 7.03. The van der Waals surface area contributed by atoms with Gasteiger partial charge in [0.2, 0.25) is 0 Å². The predicted molar refractivity (Wildman–Crippen MR) is 93.0 cm³/mol. The number of urea groups is 1. The second kappa shape index (κ2) is 7.44.